The molecule has 5 heteroatoms. The van der Waals surface area contributed by atoms with E-state index < -0.39 is 5.97 Å². The first-order valence-corrected chi connectivity index (χ1v) is 9.26. The highest BCUT2D eigenvalue weighted by Gasteiger charge is 2.61. The smallest absolute Gasteiger partial charge is 0.338 e. The van der Waals surface area contributed by atoms with Gasteiger partial charge >= 0.3 is 5.97 Å². The normalized spacial score (nSPS) is 30.0. The molecule has 3 aliphatic rings. The molecular weight excluding hydrogens is 318 g/mol. The Bertz CT molecular complexity index is 700. The summed E-state index contributed by atoms with van der Waals surface area (Å²) in [6.45, 7) is 2.41. The molecule has 132 valence electrons. The number of unbranched alkanes of at least 4 members (excludes halogenated alkanes) is 1. The van der Waals surface area contributed by atoms with Crippen LogP contribution in [0.2, 0.25) is 0 Å². The van der Waals surface area contributed by atoms with Crippen molar-refractivity contribution in [2.24, 2.45) is 23.7 Å². The van der Waals surface area contributed by atoms with E-state index in [1.54, 1.807) is 24.3 Å². The zero-order chi connectivity index (χ0) is 17.6. The number of hydrogen-bond donors (Lipinski definition) is 0. The van der Waals surface area contributed by atoms with Crippen LogP contribution in [-0.4, -0.2) is 24.4 Å². The average molecular weight is 341 g/mol. The summed E-state index contributed by atoms with van der Waals surface area (Å²) in [6, 6.07) is 6.69. The molecule has 25 heavy (non-hydrogen) atoms. The molecule has 0 aromatic heterocycles. The van der Waals surface area contributed by atoms with E-state index in [1.807, 2.05) is 6.92 Å². The highest BCUT2D eigenvalue weighted by molar-refractivity contribution is 6.22. The molecule has 4 rings (SSSR count). The first-order valence-electron chi connectivity index (χ1n) is 9.26. The molecule has 3 fully saturated rings. The Labute approximate surface area is 147 Å². The summed E-state index contributed by atoms with van der Waals surface area (Å²) in [7, 11) is 0. The van der Waals surface area contributed by atoms with Gasteiger partial charge in [-0.25, -0.2) is 4.79 Å². The molecule has 1 aromatic rings. The van der Waals surface area contributed by atoms with Gasteiger partial charge in [-0.1, -0.05) is 19.4 Å². The van der Waals surface area contributed by atoms with Crippen molar-refractivity contribution >= 4 is 23.5 Å². The molecule has 0 spiro atoms. The van der Waals surface area contributed by atoms with Gasteiger partial charge in [-0.15, -0.1) is 0 Å². The minimum atomic E-state index is -0.408. The van der Waals surface area contributed by atoms with Gasteiger partial charge in [0.2, 0.25) is 11.8 Å². The number of imide groups is 1. The summed E-state index contributed by atoms with van der Waals surface area (Å²) in [5, 5.41) is 0. The van der Waals surface area contributed by atoms with Crippen LogP contribution < -0.4 is 4.90 Å². The number of rotatable bonds is 5. The molecule has 1 saturated heterocycles. The maximum absolute atomic E-state index is 12.9. The van der Waals surface area contributed by atoms with Gasteiger partial charge in [0.25, 0.3) is 0 Å². The van der Waals surface area contributed by atoms with Gasteiger partial charge in [0.15, 0.2) is 0 Å². The Morgan fingerprint density at radius 3 is 2.48 bits per heavy atom. The van der Waals surface area contributed by atoms with Gasteiger partial charge in [0.05, 0.1) is 29.7 Å². The van der Waals surface area contributed by atoms with E-state index in [9.17, 15) is 14.4 Å². The van der Waals surface area contributed by atoms with Crippen molar-refractivity contribution in [1.29, 1.82) is 0 Å². The summed E-state index contributed by atoms with van der Waals surface area (Å²) in [6.07, 6.45) is 4.91. The van der Waals surface area contributed by atoms with Gasteiger partial charge in [0, 0.05) is 0 Å². The fraction of sp³-hybridized carbons (Fsp3) is 0.550. The zero-order valence-electron chi connectivity index (χ0n) is 14.4. The third kappa shape index (κ3) is 2.57. The van der Waals surface area contributed by atoms with Crippen molar-refractivity contribution < 1.29 is 19.1 Å². The van der Waals surface area contributed by atoms with Crippen molar-refractivity contribution in [3.05, 3.63) is 29.8 Å². The lowest BCUT2D eigenvalue weighted by Crippen LogP contribution is -2.32. The van der Waals surface area contributed by atoms with Gasteiger partial charge in [0.1, 0.15) is 0 Å². The largest absolute Gasteiger partial charge is 0.462 e. The number of benzene rings is 1. The fourth-order valence-electron chi connectivity index (χ4n) is 4.83. The van der Waals surface area contributed by atoms with Crippen molar-refractivity contribution in [1.82, 2.24) is 0 Å². The molecule has 2 saturated carbocycles. The van der Waals surface area contributed by atoms with Crippen LogP contribution in [0.1, 0.15) is 49.4 Å². The van der Waals surface area contributed by atoms with Crippen molar-refractivity contribution in [2.45, 2.75) is 39.0 Å². The van der Waals surface area contributed by atoms with Crippen LogP contribution in [0.25, 0.3) is 0 Å². The topological polar surface area (TPSA) is 63.7 Å². The summed E-state index contributed by atoms with van der Waals surface area (Å²) in [4.78, 5) is 39.2. The van der Waals surface area contributed by atoms with Gasteiger partial charge < -0.3 is 4.74 Å². The van der Waals surface area contributed by atoms with E-state index in [4.69, 9.17) is 4.74 Å². The van der Waals surface area contributed by atoms with E-state index in [-0.39, 0.29) is 23.7 Å². The Morgan fingerprint density at radius 1 is 1.16 bits per heavy atom. The lowest BCUT2D eigenvalue weighted by molar-refractivity contribution is -0.123. The minimum Gasteiger partial charge on any atom is -0.462 e. The SMILES string of the molecule is CCCCOC(=O)c1cccc(N2C(=O)[C@@H]3[C@H]4CC[C@@H](C4)[C@H]3C2=O)c1. The minimum absolute atomic E-state index is 0.0845. The van der Waals surface area contributed by atoms with E-state index in [2.05, 4.69) is 0 Å². The quantitative estimate of drug-likeness (QED) is 0.469. The Morgan fingerprint density at radius 2 is 1.84 bits per heavy atom. The number of anilines is 1. The molecule has 2 bridgehead atoms. The molecule has 2 aliphatic carbocycles. The Balaban J connectivity index is 1.56. The number of fused-ring (bicyclic) bond motifs is 5. The molecule has 1 aromatic carbocycles. The third-order valence-electron chi connectivity index (χ3n) is 6.00. The van der Waals surface area contributed by atoms with Crippen LogP contribution in [0.15, 0.2) is 24.3 Å². The maximum Gasteiger partial charge on any atom is 0.338 e. The van der Waals surface area contributed by atoms with Crippen molar-refractivity contribution in [3.63, 3.8) is 0 Å². The summed E-state index contributed by atoms with van der Waals surface area (Å²) < 4.78 is 5.23. The standard InChI is InChI=1S/C20H23NO4/c1-2-3-9-25-20(24)14-5-4-6-15(11-14)21-18(22)16-12-7-8-13(10-12)17(16)19(21)23/h4-6,11-13,16-17H,2-3,7-10H2,1H3/t12-,13-,16+,17+/m0/s1. The number of ether oxygens (including phenoxy) is 1. The average Bonchev–Trinajstić information content (AvgIpc) is 3.29. The van der Waals surface area contributed by atoms with Crippen LogP contribution in [0.4, 0.5) is 5.69 Å². The van der Waals surface area contributed by atoms with Gasteiger partial charge in [-0.05, 0) is 55.7 Å². The van der Waals surface area contributed by atoms with Crippen molar-refractivity contribution in [3.8, 4) is 0 Å². The first kappa shape index (κ1) is 16.3. The number of nitrogens with zero attached hydrogens (tertiary/aromatic N) is 1. The Kier molecular flexibility index (Phi) is 4.10. The molecule has 2 amide bonds. The van der Waals surface area contributed by atoms with Crippen LogP contribution in [-0.2, 0) is 14.3 Å². The predicted octanol–water partition coefficient (Wildman–Crippen LogP) is 3.18. The number of carbonyl (C=O) groups excluding carboxylic acids is 3. The second-order valence-corrected chi connectivity index (χ2v) is 7.44. The molecule has 0 unspecified atom stereocenters. The predicted molar refractivity (Wildman–Crippen MR) is 91.9 cm³/mol. The highest BCUT2D eigenvalue weighted by atomic mass is 16.5. The van der Waals surface area contributed by atoms with Crippen LogP contribution in [0.5, 0.6) is 0 Å². The summed E-state index contributed by atoms with van der Waals surface area (Å²) >= 11 is 0. The molecular formula is C20H23NO4. The Hall–Kier alpha value is -2.17. The molecule has 1 heterocycles. The number of amides is 2. The molecule has 1 aliphatic heterocycles. The van der Waals surface area contributed by atoms with E-state index in [0.717, 1.165) is 32.1 Å². The van der Waals surface area contributed by atoms with Crippen molar-refractivity contribution in [2.75, 3.05) is 11.5 Å². The fourth-order valence-corrected chi connectivity index (χ4v) is 4.83. The molecule has 0 N–H and O–H groups in total. The van der Waals surface area contributed by atoms with Crippen LogP contribution in [0, 0.1) is 23.7 Å². The summed E-state index contributed by atoms with van der Waals surface area (Å²) in [5.41, 5.74) is 0.878. The van der Waals surface area contributed by atoms with Gasteiger partial charge in [-0.2, -0.15) is 0 Å². The van der Waals surface area contributed by atoms with E-state index in [1.165, 1.54) is 4.90 Å². The molecule has 4 atom stereocenters. The maximum atomic E-state index is 12.9. The number of carbonyl (C=O) groups is 3. The monoisotopic (exact) mass is 341 g/mol. The first-order chi connectivity index (χ1) is 12.1. The van der Waals surface area contributed by atoms with E-state index in [0.29, 0.717) is 29.7 Å². The highest BCUT2D eigenvalue weighted by Crippen LogP contribution is 2.56. The third-order valence-corrected chi connectivity index (χ3v) is 6.00. The number of esters is 1. The van der Waals surface area contributed by atoms with Crippen LogP contribution >= 0.6 is 0 Å². The molecule has 5 nitrogen and oxygen atoms in total. The summed E-state index contributed by atoms with van der Waals surface area (Å²) in [5.74, 6) is -0.151. The zero-order valence-corrected chi connectivity index (χ0v) is 14.4. The molecule has 0 radical (unpaired) electrons. The van der Waals surface area contributed by atoms with Gasteiger partial charge in [-0.3, -0.25) is 14.5 Å². The van der Waals surface area contributed by atoms with Crippen LogP contribution in [0.3, 0.4) is 0 Å². The second-order valence-electron chi connectivity index (χ2n) is 7.44. The van der Waals surface area contributed by atoms with E-state index >= 15 is 0 Å². The number of hydrogen-bond acceptors (Lipinski definition) is 4. The lowest BCUT2D eigenvalue weighted by atomic mass is 9.81. The second kappa shape index (κ2) is 6.28. The lowest BCUT2D eigenvalue weighted by Gasteiger charge is -2.19.